The highest BCUT2D eigenvalue weighted by Gasteiger charge is 2.27. The number of carbonyl (C=O) groups is 1. The van der Waals surface area contributed by atoms with E-state index in [9.17, 15) is 9.18 Å². The van der Waals surface area contributed by atoms with Crippen LogP contribution in [0.15, 0.2) is 46.9 Å². The van der Waals surface area contributed by atoms with Crippen molar-refractivity contribution in [1.29, 1.82) is 0 Å². The molecule has 19 heavy (non-hydrogen) atoms. The number of amides is 1. The monoisotopic (exact) mass is 319 g/mol. The molecule has 1 aliphatic heterocycles. The zero-order valence-electron chi connectivity index (χ0n) is 10.1. The molecular weight excluding hydrogens is 309 g/mol. The van der Waals surface area contributed by atoms with Crippen LogP contribution in [0.3, 0.4) is 0 Å². The minimum atomic E-state index is -0.293. The van der Waals surface area contributed by atoms with Crippen molar-refractivity contribution in [2.45, 2.75) is 13.1 Å². The molecule has 1 aliphatic rings. The molecule has 0 aromatic heterocycles. The average Bonchev–Trinajstić information content (AvgIpc) is 2.70. The van der Waals surface area contributed by atoms with Gasteiger partial charge < -0.3 is 4.90 Å². The van der Waals surface area contributed by atoms with E-state index in [0.29, 0.717) is 23.1 Å². The van der Waals surface area contributed by atoms with Crippen molar-refractivity contribution in [3.05, 3.63) is 69.4 Å². The van der Waals surface area contributed by atoms with Crippen molar-refractivity contribution in [2.75, 3.05) is 0 Å². The Hall–Kier alpha value is -1.68. The molecule has 2 aromatic carbocycles. The Bertz CT molecular complexity index is 656. The van der Waals surface area contributed by atoms with Crippen LogP contribution in [0, 0.1) is 5.82 Å². The number of hydrogen-bond donors (Lipinski definition) is 0. The minimum absolute atomic E-state index is 0.0297. The SMILES string of the molecule is O=C1c2ccccc2CN1Cc1ccc(Br)cc1F. The van der Waals surface area contributed by atoms with Gasteiger partial charge in [-0.3, -0.25) is 4.79 Å². The Morgan fingerprint density at radius 1 is 1.21 bits per heavy atom. The van der Waals surface area contributed by atoms with Gasteiger partial charge in [-0.05, 0) is 23.8 Å². The third-order valence-electron chi connectivity index (χ3n) is 3.27. The highest BCUT2D eigenvalue weighted by Crippen LogP contribution is 2.25. The first-order chi connectivity index (χ1) is 9.15. The van der Waals surface area contributed by atoms with Crippen LogP contribution in [-0.4, -0.2) is 10.8 Å². The Morgan fingerprint density at radius 3 is 2.74 bits per heavy atom. The number of nitrogens with zero attached hydrogens (tertiary/aromatic N) is 1. The van der Waals surface area contributed by atoms with E-state index in [1.165, 1.54) is 6.07 Å². The van der Waals surface area contributed by atoms with E-state index in [-0.39, 0.29) is 11.7 Å². The molecule has 0 bridgehead atoms. The Kier molecular flexibility index (Phi) is 3.11. The zero-order valence-corrected chi connectivity index (χ0v) is 11.7. The second kappa shape index (κ2) is 4.78. The topological polar surface area (TPSA) is 20.3 Å². The number of benzene rings is 2. The fraction of sp³-hybridized carbons (Fsp3) is 0.133. The summed E-state index contributed by atoms with van der Waals surface area (Å²) in [6, 6.07) is 12.4. The largest absolute Gasteiger partial charge is 0.330 e. The maximum absolute atomic E-state index is 13.8. The van der Waals surface area contributed by atoms with Crippen LogP contribution < -0.4 is 0 Å². The summed E-state index contributed by atoms with van der Waals surface area (Å²) in [5.41, 5.74) is 2.26. The number of halogens is 2. The summed E-state index contributed by atoms with van der Waals surface area (Å²) in [6.07, 6.45) is 0. The van der Waals surface area contributed by atoms with E-state index in [1.807, 2.05) is 24.3 Å². The number of carbonyl (C=O) groups excluding carboxylic acids is 1. The predicted octanol–water partition coefficient (Wildman–Crippen LogP) is 3.74. The van der Waals surface area contributed by atoms with Crippen molar-refractivity contribution in [3.8, 4) is 0 Å². The maximum atomic E-state index is 13.8. The molecule has 0 saturated carbocycles. The lowest BCUT2D eigenvalue weighted by atomic mass is 10.1. The van der Waals surface area contributed by atoms with Gasteiger partial charge in [0.1, 0.15) is 5.82 Å². The molecule has 0 unspecified atom stereocenters. The van der Waals surface area contributed by atoms with Gasteiger partial charge in [-0.15, -0.1) is 0 Å². The number of hydrogen-bond acceptors (Lipinski definition) is 1. The van der Waals surface area contributed by atoms with Crippen LogP contribution in [0.4, 0.5) is 4.39 Å². The highest BCUT2D eigenvalue weighted by atomic mass is 79.9. The molecule has 4 heteroatoms. The van der Waals surface area contributed by atoms with E-state index >= 15 is 0 Å². The van der Waals surface area contributed by atoms with Crippen molar-refractivity contribution in [1.82, 2.24) is 4.90 Å². The van der Waals surface area contributed by atoms with Crippen LogP contribution in [0.5, 0.6) is 0 Å². The second-order valence-corrected chi connectivity index (χ2v) is 5.47. The molecule has 1 heterocycles. The Labute approximate surface area is 119 Å². The molecule has 0 spiro atoms. The number of rotatable bonds is 2. The molecule has 0 fully saturated rings. The van der Waals surface area contributed by atoms with Gasteiger partial charge in [0.25, 0.3) is 5.91 Å². The average molecular weight is 320 g/mol. The summed E-state index contributed by atoms with van der Waals surface area (Å²) < 4.78 is 14.5. The van der Waals surface area contributed by atoms with Gasteiger partial charge in [0.15, 0.2) is 0 Å². The minimum Gasteiger partial charge on any atom is -0.330 e. The zero-order chi connectivity index (χ0) is 13.4. The van der Waals surface area contributed by atoms with E-state index in [4.69, 9.17) is 0 Å². The molecular formula is C15H11BrFNO. The van der Waals surface area contributed by atoms with Crippen LogP contribution >= 0.6 is 15.9 Å². The van der Waals surface area contributed by atoms with Gasteiger partial charge in [-0.2, -0.15) is 0 Å². The number of fused-ring (bicyclic) bond motifs is 1. The van der Waals surface area contributed by atoms with Crippen LogP contribution in [0.1, 0.15) is 21.5 Å². The van der Waals surface area contributed by atoms with E-state index in [2.05, 4.69) is 15.9 Å². The molecule has 0 aliphatic carbocycles. The third-order valence-corrected chi connectivity index (χ3v) is 3.77. The molecule has 2 nitrogen and oxygen atoms in total. The molecule has 0 saturated heterocycles. The standard InChI is InChI=1S/C15H11BrFNO/c16-12-6-5-11(14(17)7-12)9-18-8-10-3-1-2-4-13(10)15(18)19/h1-7H,8-9H2. The van der Waals surface area contributed by atoms with Gasteiger partial charge in [0.05, 0.1) is 0 Å². The first-order valence-corrected chi connectivity index (χ1v) is 6.75. The Balaban J connectivity index is 1.85. The molecule has 0 radical (unpaired) electrons. The first-order valence-electron chi connectivity index (χ1n) is 5.96. The lowest BCUT2D eigenvalue weighted by Crippen LogP contribution is -2.23. The summed E-state index contributed by atoms with van der Waals surface area (Å²) in [5.74, 6) is -0.323. The molecule has 3 rings (SSSR count). The van der Waals surface area contributed by atoms with Gasteiger partial charge in [0, 0.05) is 28.7 Å². The predicted molar refractivity (Wildman–Crippen MR) is 74.1 cm³/mol. The summed E-state index contributed by atoms with van der Waals surface area (Å²) in [5, 5.41) is 0. The molecule has 96 valence electrons. The second-order valence-electron chi connectivity index (χ2n) is 4.55. The van der Waals surface area contributed by atoms with E-state index in [0.717, 1.165) is 11.1 Å². The molecule has 1 amide bonds. The van der Waals surface area contributed by atoms with E-state index in [1.54, 1.807) is 17.0 Å². The van der Waals surface area contributed by atoms with Crippen molar-refractivity contribution >= 4 is 21.8 Å². The fourth-order valence-corrected chi connectivity index (χ4v) is 2.63. The normalized spacial score (nSPS) is 13.8. The summed E-state index contributed by atoms with van der Waals surface area (Å²) >= 11 is 3.22. The van der Waals surface area contributed by atoms with Gasteiger partial charge in [-0.25, -0.2) is 4.39 Å². The fourth-order valence-electron chi connectivity index (χ4n) is 2.30. The first kappa shape index (κ1) is 12.4. The van der Waals surface area contributed by atoms with Gasteiger partial charge >= 0.3 is 0 Å². The van der Waals surface area contributed by atoms with E-state index < -0.39 is 0 Å². The van der Waals surface area contributed by atoms with Gasteiger partial charge in [0.2, 0.25) is 0 Å². The van der Waals surface area contributed by atoms with Crippen molar-refractivity contribution in [2.24, 2.45) is 0 Å². The smallest absolute Gasteiger partial charge is 0.254 e. The summed E-state index contributed by atoms with van der Waals surface area (Å²) in [7, 11) is 0. The third kappa shape index (κ3) is 2.28. The quantitative estimate of drug-likeness (QED) is 0.825. The molecule has 0 N–H and O–H groups in total. The van der Waals surface area contributed by atoms with Crippen LogP contribution in [0.2, 0.25) is 0 Å². The molecule has 0 atom stereocenters. The van der Waals surface area contributed by atoms with Crippen LogP contribution in [-0.2, 0) is 13.1 Å². The summed E-state index contributed by atoms with van der Waals surface area (Å²) in [4.78, 5) is 13.8. The Morgan fingerprint density at radius 2 is 2.00 bits per heavy atom. The van der Waals surface area contributed by atoms with Gasteiger partial charge in [-0.1, -0.05) is 40.2 Å². The lowest BCUT2D eigenvalue weighted by Gasteiger charge is -2.16. The van der Waals surface area contributed by atoms with Crippen LogP contribution in [0.25, 0.3) is 0 Å². The summed E-state index contributed by atoms with van der Waals surface area (Å²) in [6.45, 7) is 0.844. The molecule has 2 aromatic rings. The van der Waals surface area contributed by atoms with Crippen molar-refractivity contribution in [3.63, 3.8) is 0 Å². The maximum Gasteiger partial charge on any atom is 0.254 e. The highest BCUT2D eigenvalue weighted by molar-refractivity contribution is 9.10. The van der Waals surface area contributed by atoms with Crippen molar-refractivity contribution < 1.29 is 9.18 Å². The lowest BCUT2D eigenvalue weighted by molar-refractivity contribution is 0.0765.